The van der Waals surface area contributed by atoms with E-state index in [-0.39, 0.29) is 5.91 Å². The second-order valence-corrected chi connectivity index (χ2v) is 7.96. The molecule has 0 aliphatic heterocycles. The Hall–Kier alpha value is -1.13. The van der Waals surface area contributed by atoms with Crippen LogP contribution in [0.3, 0.4) is 0 Å². The highest BCUT2D eigenvalue weighted by atomic mass is 32.2. The van der Waals surface area contributed by atoms with Gasteiger partial charge in [-0.25, -0.2) is 0 Å². The highest BCUT2D eigenvalue weighted by molar-refractivity contribution is 8.01. The van der Waals surface area contributed by atoms with E-state index >= 15 is 0 Å². The zero-order valence-corrected chi connectivity index (χ0v) is 15.9. The monoisotopic (exact) mass is 385 g/mol. The van der Waals surface area contributed by atoms with Gasteiger partial charge in [0.25, 0.3) is 5.91 Å². The SMILES string of the molecule is COCCSc1nnc(NC(=O)c2ccccc2SCCOC)s1. The molecule has 1 N–H and O–H groups in total. The Morgan fingerprint density at radius 3 is 2.58 bits per heavy atom. The molecule has 0 aliphatic rings. The zero-order valence-electron chi connectivity index (χ0n) is 13.5. The number of hydrogen-bond acceptors (Lipinski definition) is 8. The van der Waals surface area contributed by atoms with E-state index in [1.165, 1.54) is 11.3 Å². The number of thioether (sulfide) groups is 2. The van der Waals surface area contributed by atoms with Crippen molar-refractivity contribution in [3.8, 4) is 0 Å². The van der Waals surface area contributed by atoms with Gasteiger partial charge in [0.2, 0.25) is 5.13 Å². The third-order valence-electron chi connectivity index (χ3n) is 2.82. The Morgan fingerprint density at radius 1 is 1.12 bits per heavy atom. The van der Waals surface area contributed by atoms with Gasteiger partial charge in [0.15, 0.2) is 4.34 Å². The number of nitrogens with zero attached hydrogens (tertiary/aromatic N) is 2. The number of carbonyl (C=O) groups is 1. The van der Waals surface area contributed by atoms with E-state index in [4.69, 9.17) is 9.47 Å². The molecule has 0 saturated carbocycles. The summed E-state index contributed by atoms with van der Waals surface area (Å²) in [5.74, 6) is 1.41. The first kappa shape index (κ1) is 19.2. The van der Waals surface area contributed by atoms with E-state index in [0.29, 0.717) is 23.9 Å². The number of amides is 1. The fourth-order valence-electron chi connectivity index (χ4n) is 1.71. The lowest BCUT2D eigenvalue weighted by Gasteiger charge is -2.08. The van der Waals surface area contributed by atoms with E-state index < -0.39 is 0 Å². The molecule has 1 aromatic carbocycles. The van der Waals surface area contributed by atoms with Crippen molar-refractivity contribution in [2.45, 2.75) is 9.24 Å². The second kappa shape index (κ2) is 10.7. The van der Waals surface area contributed by atoms with Crippen LogP contribution >= 0.6 is 34.9 Å². The van der Waals surface area contributed by atoms with Gasteiger partial charge in [-0.15, -0.1) is 22.0 Å². The number of ether oxygens (including phenoxy) is 2. The molecule has 1 amide bonds. The quantitative estimate of drug-likeness (QED) is 0.382. The van der Waals surface area contributed by atoms with Crippen molar-refractivity contribution in [1.82, 2.24) is 10.2 Å². The number of hydrogen-bond donors (Lipinski definition) is 1. The summed E-state index contributed by atoms with van der Waals surface area (Å²) >= 11 is 4.51. The average Bonchev–Trinajstić information content (AvgIpc) is 3.03. The number of carbonyl (C=O) groups excluding carboxylic acids is 1. The maximum Gasteiger partial charge on any atom is 0.258 e. The van der Waals surface area contributed by atoms with Crippen LogP contribution in [0, 0.1) is 0 Å². The van der Waals surface area contributed by atoms with Gasteiger partial charge in [0.1, 0.15) is 0 Å². The second-order valence-electron chi connectivity index (χ2n) is 4.51. The van der Waals surface area contributed by atoms with Gasteiger partial charge < -0.3 is 9.47 Å². The minimum atomic E-state index is -0.180. The minimum absolute atomic E-state index is 0.180. The van der Waals surface area contributed by atoms with Crippen LogP contribution in [0.2, 0.25) is 0 Å². The van der Waals surface area contributed by atoms with Gasteiger partial charge in [0.05, 0.1) is 18.8 Å². The molecule has 24 heavy (non-hydrogen) atoms. The summed E-state index contributed by atoms with van der Waals surface area (Å²) < 4.78 is 10.9. The number of rotatable bonds is 10. The number of methoxy groups -OCH3 is 2. The normalized spacial score (nSPS) is 10.8. The third kappa shape index (κ3) is 6.06. The first-order valence-corrected chi connectivity index (χ1v) is 10.0. The van der Waals surface area contributed by atoms with Crippen LogP contribution in [0.5, 0.6) is 0 Å². The Balaban J connectivity index is 1.97. The third-order valence-corrected chi connectivity index (χ3v) is 5.79. The van der Waals surface area contributed by atoms with Crippen LogP contribution < -0.4 is 5.32 Å². The fourth-order valence-corrected chi connectivity index (χ4v) is 4.39. The molecule has 0 saturated heterocycles. The minimum Gasteiger partial charge on any atom is -0.384 e. The Morgan fingerprint density at radius 2 is 1.83 bits per heavy atom. The van der Waals surface area contributed by atoms with Crippen molar-refractivity contribution < 1.29 is 14.3 Å². The van der Waals surface area contributed by atoms with Crippen LogP contribution in [0.1, 0.15) is 10.4 Å². The van der Waals surface area contributed by atoms with Crippen LogP contribution in [0.4, 0.5) is 5.13 Å². The van der Waals surface area contributed by atoms with Crippen molar-refractivity contribution in [2.75, 3.05) is 44.3 Å². The molecule has 0 fully saturated rings. The number of benzene rings is 1. The van der Waals surface area contributed by atoms with Crippen LogP contribution in [0.25, 0.3) is 0 Å². The maximum absolute atomic E-state index is 12.5. The fraction of sp³-hybridized carbons (Fsp3) is 0.400. The Bertz CT molecular complexity index is 652. The van der Waals surface area contributed by atoms with Gasteiger partial charge in [-0.3, -0.25) is 10.1 Å². The predicted octanol–water partition coefficient (Wildman–Crippen LogP) is 3.27. The van der Waals surface area contributed by atoms with Gasteiger partial charge in [0, 0.05) is 30.6 Å². The summed E-state index contributed by atoms with van der Waals surface area (Å²) in [6.07, 6.45) is 0. The van der Waals surface area contributed by atoms with E-state index in [9.17, 15) is 4.79 Å². The van der Waals surface area contributed by atoms with Gasteiger partial charge in [-0.1, -0.05) is 35.2 Å². The molecule has 0 spiro atoms. The van der Waals surface area contributed by atoms with Gasteiger partial charge in [-0.05, 0) is 12.1 Å². The molecule has 1 heterocycles. The summed E-state index contributed by atoms with van der Waals surface area (Å²) in [6, 6.07) is 7.50. The molecule has 0 aliphatic carbocycles. The molecule has 0 radical (unpaired) electrons. The highest BCUT2D eigenvalue weighted by Gasteiger charge is 2.14. The van der Waals surface area contributed by atoms with Crippen LogP contribution in [-0.2, 0) is 9.47 Å². The number of nitrogens with one attached hydrogen (secondary N) is 1. The molecule has 9 heteroatoms. The molecule has 0 unspecified atom stereocenters. The van der Waals surface area contributed by atoms with E-state index in [1.807, 2.05) is 18.2 Å². The number of aromatic nitrogens is 2. The molecule has 2 aromatic rings. The van der Waals surface area contributed by atoms with E-state index in [2.05, 4.69) is 15.5 Å². The molecular formula is C15H19N3O3S3. The first-order chi connectivity index (χ1) is 11.7. The van der Waals surface area contributed by atoms with Crippen molar-refractivity contribution in [2.24, 2.45) is 0 Å². The van der Waals surface area contributed by atoms with Crippen LogP contribution in [0.15, 0.2) is 33.5 Å². The van der Waals surface area contributed by atoms with Gasteiger partial charge in [-0.2, -0.15) is 0 Å². The molecule has 0 bridgehead atoms. The summed E-state index contributed by atoms with van der Waals surface area (Å²) in [6.45, 7) is 1.29. The average molecular weight is 386 g/mol. The molecular weight excluding hydrogens is 366 g/mol. The van der Waals surface area contributed by atoms with Gasteiger partial charge >= 0.3 is 0 Å². The maximum atomic E-state index is 12.5. The highest BCUT2D eigenvalue weighted by Crippen LogP contribution is 2.27. The van der Waals surface area contributed by atoms with E-state index in [0.717, 1.165) is 20.7 Å². The predicted molar refractivity (Wildman–Crippen MR) is 99.5 cm³/mol. The van der Waals surface area contributed by atoms with Crippen molar-refractivity contribution in [3.05, 3.63) is 29.8 Å². The lowest BCUT2D eigenvalue weighted by atomic mass is 10.2. The van der Waals surface area contributed by atoms with Crippen molar-refractivity contribution >= 4 is 45.9 Å². The largest absolute Gasteiger partial charge is 0.384 e. The van der Waals surface area contributed by atoms with E-state index in [1.54, 1.807) is 43.8 Å². The molecule has 130 valence electrons. The Labute approximate surface area is 153 Å². The summed E-state index contributed by atoms with van der Waals surface area (Å²) in [5.41, 5.74) is 0.627. The lowest BCUT2D eigenvalue weighted by molar-refractivity contribution is 0.102. The summed E-state index contributed by atoms with van der Waals surface area (Å²) in [5, 5.41) is 11.4. The molecule has 0 atom stereocenters. The Kier molecular flexibility index (Phi) is 8.54. The molecule has 6 nitrogen and oxygen atoms in total. The molecule has 2 rings (SSSR count). The first-order valence-electron chi connectivity index (χ1n) is 7.22. The van der Waals surface area contributed by atoms with Crippen molar-refractivity contribution in [1.29, 1.82) is 0 Å². The van der Waals surface area contributed by atoms with Crippen LogP contribution in [-0.4, -0.2) is 55.0 Å². The zero-order chi connectivity index (χ0) is 17.2. The number of anilines is 1. The standard InChI is InChI=1S/C15H19N3O3S3/c1-20-7-9-22-12-6-4-3-5-11(12)13(19)16-14-17-18-15(24-14)23-10-8-21-2/h3-6H,7-10H2,1-2H3,(H,16,17,19). The smallest absolute Gasteiger partial charge is 0.258 e. The van der Waals surface area contributed by atoms with Crippen molar-refractivity contribution in [3.63, 3.8) is 0 Å². The molecule has 1 aromatic heterocycles. The topological polar surface area (TPSA) is 73.3 Å². The lowest BCUT2D eigenvalue weighted by Crippen LogP contribution is -2.13. The summed E-state index contributed by atoms with van der Waals surface area (Å²) in [4.78, 5) is 13.4. The summed E-state index contributed by atoms with van der Waals surface area (Å²) in [7, 11) is 3.32.